The summed E-state index contributed by atoms with van der Waals surface area (Å²) in [7, 11) is 0. The van der Waals surface area contributed by atoms with Gasteiger partial charge in [-0.1, -0.05) is 166 Å². The van der Waals surface area contributed by atoms with Gasteiger partial charge in [-0.05, 0) is 101 Å². The monoisotopic (exact) mass is 678 g/mol. The van der Waals surface area contributed by atoms with Crippen LogP contribution in [0.15, 0.2) is 170 Å². The molecule has 0 nitrogen and oxygen atoms in total. The van der Waals surface area contributed by atoms with Gasteiger partial charge in [0, 0.05) is 31.2 Å². The molecule has 0 atom stereocenters. The Balaban J connectivity index is 1.09. The van der Waals surface area contributed by atoms with Crippen molar-refractivity contribution in [3.63, 3.8) is 0 Å². The molecule has 0 radical (unpaired) electrons. The first-order valence-corrected chi connectivity index (χ1v) is 19.0. The van der Waals surface area contributed by atoms with Crippen LogP contribution in [0.25, 0.3) is 97.0 Å². The molecular weight excluding hydrogens is 645 g/mol. The van der Waals surface area contributed by atoms with Crippen molar-refractivity contribution < 1.29 is 0 Å². The van der Waals surface area contributed by atoms with E-state index in [0.717, 1.165) is 0 Å². The van der Waals surface area contributed by atoms with E-state index in [9.17, 15) is 0 Å². The molecule has 52 heavy (non-hydrogen) atoms. The maximum absolute atomic E-state index is 2.42. The van der Waals surface area contributed by atoms with Crippen molar-refractivity contribution in [1.82, 2.24) is 0 Å². The lowest BCUT2D eigenvalue weighted by molar-refractivity contribution is 0.663. The first kappa shape index (κ1) is 29.7. The smallest absolute Gasteiger partial charge is 0.0434 e. The van der Waals surface area contributed by atoms with E-state index in [1.807, 2.05) is 11.3 Å². The van der Waals surface area contributed by atoms with Crippen molar-refractivity contribution in [2.24, 2.45) is 0 Å². The summed E-state index contributed by atoms with van der Waals surface area (Å²) in [6.45, 7) is 4.78. The van der Waals surface area contributed by atoms with E-state index in [-0.39, 0.29) is 5.41 Å². The summed E-state index contributed by atoms with van der Waals surface area (Å²) in [4.78, 5) is 0. The number of fused-ring (bicyclic) bond motifs is 9. The van der Waals surface area contributed by atoms with Crippen LogP contribution in [0, 0.1) is 0 Å². The fraction of sp³-hybridized carbons (Fsp3) is 0.0588. The van der Waals surface area contributed by atoms with Gasteiger partial charge in [-0.15, -0.1) is 11.3 Å². The minimum Gasteiger partial charge on any atom is -0.135 e. The molecule has 1 aliphatic carbocycles. The fourth-order valence-electron chi connectivity index (χ4n) is 9.30. The number of hydrogen-bond donors (Lipinski definition) is 0. The molecule has 0 spiro atoms. The first-order valence-electron chi connectivity index (χ1n) is 18.2. The normalized spacial score (nSPS) is 13.3. The summed E-state index contributed by atoms with van der Waals surface area (Å²) in [5, 5.41) is 10.4. The zero-order chi connectivity index (χ0) is 34.6. The molecule has 244 valence electrons. The van der Waals surface area contributed by atoms with E-state index >= 15 is 0 Å². The van der Waals surface area contributed by atoms with Gasteiger partial charge in [0.15, 0.2) is 0 Å². The van der Waals surface area contributed by atoms with Crippen LogP contribution < -0.4 is 0 Å². The van der Waals surface area contributed by atoms with Crippen LogP contribution in [0.3, 0.4) is 0 Å². The Morgan fingerprint density at radius 3 is 1.62 bits per heavy atom. The Morgan fingerprint density at radius 1 is 0.385 bits per heavy atom. The third kappa shape index (κ3) is 4.15. The van der Waals surface area contributed by atoms with Crippen LogP contribution >= 0.6 is 11.3 Å². The third-order valence-corrected chi connectivity index (χ3v) is 12.8. The second-order valence-corrected chi connectivity index (χ2v) is 15.8. The molecule has 0 saturated heterocycles. The molecule has 1 aromatic heterocycles. The Bertz CT molecular complexity index is 3030. The molecule has 0 aliphatic heterocycles. The van der Waals surface area contributed by atoms with E-state index in [4.69, 9.17) is 0 Å². The molecular formula is C51H34S. The fourth-order valence-corrected chi connectivity index (χ4v) is 10.5. The average Bonchev–Trinajstić information content (AvgIpc) is 3.68. The van der Waals surface area contributed by atoms with E-state index in [1.165, 1.54) is 108 Å². The molecule has 0 fully saturated rings. The quantitative estimate of drug-likeness (QED) is 0.163. The lowest BCUT2D eigenvalue weighted by Crippen LogP contribution is -2.16. The van der Waals surface area contributed by atoms with Crippen molar-refractivity contribution in [2.75, 3.05) is 0 Å². The Kier molecular flexibility index (Phi) is 6.27. The van der Waals surface area contributed by atoms with Crippen LogP contribution in [-0.4, -0.2) is 0 Å². The second-order valence-electron chi connectivity index (χ2n) is 14.8. The van der Waals surface area contributed by atoms with Crippen LogP contribution in [0.2, 0.25) is 0 Å². The Hall–Kier alpha value is -6.02. The van der Waals surface area contributed by atoms with Gasteiger partial charge in [0.05, 0.1) is 0 Å². The number of rotatable bonds is 3. The van der Waals surface area contributed by atoms with Gasteiger partial charge in [0.1, 0.15) is 0 Å². The minimum atomic E-state index is -0.108. The van der Waals surface area contributed by atoms with Gasteiger partial charge in [0.25, 0.3) is 0 Å². The summed E-state index contributed by atoms with van der Waals surface area (Å²) in [6, 6.07) is 63.5. The number of benzene rings is 9. The highest BCUT2D eigenvalue weighted by molar-refractivity contribution is 7.26. The summed E-state index contributed by atoms with van der Waals surface area (Å²) < 4.78 is 2.68. The predicted octanol–water partition coefficient (Wildman–Crippen LogP) is 14.8. The van der Waals surface area contributed by atoms with Crippen LogP contribution in [0.5, 0.6) is 0 Å². The zero-order valence-corrected chi connectivity index (χ0v) is 29.9. The molecule has 0 unspecified atom stereocenters. The van der Waals surface area contributed by atoms with Gasteiger partial charge in [0.2, 0.25) is 0 Å². The molecule has 11 rings (SSSR count). The van der Waals surface area contributed by atoms with E-state index in [1.54, 1.807) is 0 Å². The predicted molar refractivity (Wildman–Crippen MR) is 226 cm³/mol. The highest BCUT2D eigenvalue weighted by Gasteiger charge is 2.37. The standard InChI is InChI=1S/C51H34S/c1-51(2)45-30-34-14-4-3-13-33(34)29-44(45)41-21-11-20-35(49(41)51)31-25-27-32(28-26-31)47-37-16-5-7-18-39(37)48(40-19-8-6-17-38(40)47)43-23-12-22-42-36-15-9-10-24-46(36)52-50(42)43/h3-30H,1-2H3. The van der Waals surface area contributed by atoms with E-state index in [0.29, 0.717) is 0 Å². The first-order chi connectivity index (χ1) is 25.6. The molecule has 1 heteroatoms. The Labute approximate surface area is 307 Å². The summed E-state index contributed by atoms with van der Waals surface area (Å²) in [5.41, 5.74) is 13.2. The molecule has 0 saturated carbocycles. The maximum Gasteiger partial charge on any atom is 0.0434 e. The highest BCUT2D eigenvalue weighted by atomic mass is 32.1. The van der Waals surface area contributed by atoms with Crippen LogP contribution in [0.1, 0.15) is 25.0 Å². The summed E-state index contributed by atoms with van der Waals surface area (Å²) >= 11 is 1.90. The summed E-state index contributed by atoms with van der Waals surface area (Å²) in [6.07, 6.45) is 0. The minimum absolute atomic E-state index is 0.108. The topological polar surface area (TPSA) is 0 Å². The van der Waals surface area contributed by atoms with Crippen molar-refractivity contribution in [3.05, 3.63) is 181 Å². The Morgan fingerprint density at radius 2 is 0.904 bits per heavy atom. The van der Waals surface area contributed by atoms with Gasteiger partial charge in [-0.2, -0.15) is 0 Å². The summed E-state index contributed by atoms with van der Waals surface area (Å²) in [5.74, 6) is 0. The lowest BCUT2D eigenvalue weighted by atomic mass is 9.78. The van der Waals surface area contributed by atoms with Gasteiger partial charge in [-0.3, -0.25) is 0 Å². The van der Waals surface area contributed by atoms with Crippen molar-refractivity contribution >= 4 is 63.8 Å². The van der Waals surface area contributed by atoms with Gasteiger partial charge < -0.3 is 0 Å². The maximum atomic E-state index is 2.42. The molecule has 1 aliphatic rings. The highest BCUT2D eigenvalue weighted by Crippen LogP contribution is 2.53. The molecule has 0 N–H and O–H groups in total. The molecule has 1 heterocycles. The third-order valence-electron chi connectivity index (χ3n) is 11.6. The van der Waals surface area contributed by atoms with E-state index in [2.05, 4.69) is 184 Å². The zero-order valence-electron chi connectivity index (χ0n) is 29.1. The largest absolute Gasteiger partial charge is 0.135 e. The average molecular weight is 679 g/mol. The number of thiophene rings is 1. The van der Waals surface area contributed by atoms with Crippen LogP contribution in [0.4, 0.5) is 0 Å². The van der Waals surface area contributed by atoms with Gasteiger partial charge in [-0.25, -0.2) is 0 Å². The molecule has 10 aromatic rings. The SMILES string of the molecule is CC1(C)c2cc3ccccc3cc2-c2cccc(-c3ccc(-c4c5ccccc5c(-c5cccc6c5sc5ccccc56)c5ccccc45)cc3)c21. The van der Waals surface area contributed by atoms with Crippen molar-refractivity contribution in [3.8, 4) is 44.5 Å². The van der Waals surface area contributed by atoms with Gasteiger partial charge >= 0.3 is 0 Å². The lowest BCUT2D eigenvalue weighted by Gasteiger charge is -2.25. The number of hydrogen-bond acceptors (Lipinski definition) is 1. The molecule has 0 bridgehead atoms. The van der Waals surface area contributed by atoms with E-state index < -0.39 is 0 Å². The van der Waals surface area contributed by atoms with Crippen LogP contribution in [-0.2, 0) is 5.41 Å². The molecule has 9 aromatic carbocycles. The second kappa shape index (κ2) is 11.0. The van der Waals surface area contributed by atoms with Crippen molar-refractivity contribution in [2.45, 2.75) is 19.3 Å². The van der Waals surface area contributed by atoms with Crippen molar-refractivity contribution in [1.29, 1.82) is 0 Å². The molecule has 0 amide bonds.